The van der Waals surface area contributed by atoms with Gasteiger partial charge in [-0.1, -0.05) is 0 Å². The molecule has 1 aromatic carbocycles. The first-order valence-corrected chi connectivity index (χ1v) is 10.2. The van der Waals surface area contributed by atoms with Gasteiger partial charge in [-0.05, 0) is 81.4 Å². The van der Waals surface area contributed by atoms with Crippen LogP contribution < -0.4 is 5.56 Å². The third kappa shape index (κ3) is 4.22. The van der Waals surface area contributed by atoms with Crippen molar-refractivity contribution in [1.82, 2.24) is 14.7 Å². The van der Waals surface area contributed by atoms with Crippen LogP contribution in [-0.4, -0.2) is 40.1 Å². The van der Waals surface area contributed by atoms with E-state index in [1.165, 1.54) is 12.1 Å². The quantitative estimate of drug-likeness (QED) is 0.745. The summed E-state index contributed by atoms with van der Waals surface area (Å²) in [6.45, 7) is 3.01. The van der Waals surface area contributed by atoms with Crippen LogP contribution in [0.4, 0.5) is 4.39 Å². The minimum absolute atomic E-state index is 0.00805. The molecule has 0 unspecified atom stereocenters. The Labute approximate surface area is 164 Å². The van der Waals surface area contributed by atoms with Crippen LogP contribution in [0.5, 0.6) is 0 Å². The number of likely N-dealkylation sites (tertiary alicyclic amines) is 1. The molecule has 6 heteroatoms. The number of Topliss-reactive ketones (excluding diaryl/α,β-unsaturated/α-hetero) is 1. The number of halogens is 1. The zero-order valence-electron chi connectivity index (χ0n) is 16.1. The first kappa shape index (κ1) is 19.0. The van der Waals surface area contributed by atoms with Gasteiger partial charge in [0, 0.05) is 24.1 Å². The number of fused-ring (bicyclic) bond motifs is 1. The number of benzene rings is 1. The van der Waals surface area contributed by atoms with Crippen molar-refractivity contribution < 1.29 is 9.18 Å². The average Bonchev–Trinajstić information content (AvgIpc) is 2.72. The van der Waals surface area contributed by atoms with Gasteiger partial charge in [0.2, 0.25) is 0 Å². The van der Waals surface area contributed by atoms with Crippen molar-refractivity contribution in [3.05, 3.63) is 63.3 Å². The highest BCUT2D eigenvalue weighted by Gasteiger charge is 2.25. The molecule has 1 aromatic heterocycles. The summed E-state index contributed by atoms with van der Waals surface area (Å²) in [4.78, 5) is 27.2. The average molecular weight is 383 g/mol. The highest BCUT2D eigenvalue weighted by molar-refractivity contribution is 5.97. The van der Waals surface area contributed by atoms with Gasteiger partial charge in [0.15, 0.2) is 5.78 Å². The van der Waals surface area contributed by atoms with Crippen molar-refractivity contribution in [3.63, 3.8) is 0 Å². The van der Waals surface area contributed by atoms with Crippen molar-refractivity contribution in [2.45, 2.75) is 45.1 Å². The molecule has 0 radical (unpaired) electrons. The molecule has 0 bridgehead atoms. The summed E-state index contributed by atoms with van der Waals surface area (Å²) in [5.41, 5.74) is 2.77. The lowest BCUT2D eigenvalue weighted by atomic mass is 9.89. The van der Waals surface area contributed by atoms with Gasteiger partial charge >= 0.3 is 0 Å². The lowest BCUT2D eigenvalue weighted by Crippen LogP contribution is -2.39. The fourth-order valence-electron chi connectivity index (χ4n) is 4.27. The maximum Gasteiger partial charge on any atom is 0.267 e. The van der Waals surface area contributed by atoms with Gasteiger partial charge in [-0.3, -0.25) is 9.59 Å². The summed E-state index contributed by atoms with van der Waals surface area (Å²) in [6, 6.07) is 7.57. The third-order valence-electron chi connectivity index (χ3n) is 5.99. The molecule has 1 aliphatic carbocycles. The van der Waals surface area contributed by atoms with E-state index < -0.39 is 0 Å². The van der Waals surface area contributed by atoms with Crippen molar-refractivity contribution >= 4 is 5.78 Å². The second-order valence-electron chi connectivity index (χ2n) is 7.87. The van der Waals surface area contributed by atoms with Crippen molar-refractivity contribution in [2.24, 2.45) is 5.92 Å². The third-order valence-corrected chi connectivity index (χ3v) is 5.99. The first-order chi connectivity index (χ1) is 13.6. The van der Waals surface area contributed by atoms with Gasteiger partial charge < -0.3 is 4.90 Å². The van der Waals surface area contributed by atoms with Crippen molar-refractivity contribution in [2.75, 3.05) is 19.6 Å². The minimum Gasteiger partial charge on any atom is -0.301 e. The molecule has 0 amide bonds. The van der Waals surface area contributed by atoms with Gasteiger partial charge in [-0.25, -0.2) is 9.07 Å². The van der Waals surface area contributed by atoms with E-state index in [4.69, 9.17) is 0 Å². The zero-order valence-corrected chi connectivity index (χ0v) is 16.1. The number of aryl methyl sites for hydroxylation is 2. The van der Waals surface area contributed by atoms with Crippen LogP contribution in [0.3, 0.4) is 0 Å². The Kier molecular flexibility index (Phi) is 5.67. The Hall–Kier alpha value is -2.34. The summed E-state index contributed by atoms with van der Waals surface area (Å²) in [5, 5.41) is 4.58. The number of piperidine rings is 1. The number of hydrogen-bond acceptors (Lipinski definition) is 4. The molecule has 28 heavy (non-hydrogen) atoms. The number of aromatic nitrogens is 2. The Morgan fingerprint density at radius 2 is 1.79 bits per heavy atom. The van der Waals surface area contributed by atoms with Gasteiger partial charge in [-0.15, -0.1) is 0 Å². The van der Waals surface area contributed by atoms with E-state index in [9.17, 15) is 14.0 Å². The van der Waals surface area contributed by atoms with Crippen LogP contribution in [0.2, 0.25) is 0 Å². The first-order valence-electron chi connectivity index (χ1n) is 10.2. The maximum atomic E-state index is 13.0. The van der Waals surface area contributed by atoms with Crippen LogP contribution in [-0.2, 0) is 19.4 Å². The molecule has 0 N–H and O–H groups in total. The molecule has 0 atom stereocenters. The number of carbonyl (C=O) groups excluding carboxylic acids is 1. The zero-order chi connectivity index (χ0) is 19.5. The summed E-state index contributed by atoms with van der Waals surface area (Å²) >= 11 is 0. The molecule has 2 heterocycles. The van der Waals surface area contributed by atoms with Crippen LogP contribution in [0.1, 0.15) is 47.3 Å². The summed E-state index contributed by atoms with van der Waals surface area (Å²) < 4.78 is 14.6. The molecular weight excluding hydrogens is 357 g/mol. The molecule has 148 valence electrons. The Morgan fingerprint density at radius 1 is 1.07 bits per heavy atom. The lowest BCUT2D eigenvalue weighted by Gasteiger charge is -2.31. The fraction of sp³-hybridized carbons (Fsp3) is 0.500. The summed E-state index contributed by atoms with van der Waals surface area (Å²) in [7, 11) is 0. The number of rotatable bonds is 5. The molecule has 1 fully saturated rings. The van der Waals surface area contributed by atoms with Crippen molar-refractivity contribution in [1.29, 1.82) is 0 Å². The molecule has 1 aliphatic heterocycles. The second-order valence-corrected chi connectivity index (χ2v) is 7.87. The topological polar surface area (TPSA) is 55.2 Å². The Bertz CT molecular complexity index is 899. The summed E-state index contributed by atoms with van der Waals surface area (Å²) in [6.07, 6.45) is 5.81. The highest BCUT2D eigenvalue weighted by atomic mass is 19.1. The second kappa shape index (κ2) is 8.35. The van der Waals surface area contributed by atoms with E-state index in [1.807, 2.05) is 0 Å². The van der Waals surface area contributed by atoms with Crippen LogP contribution in [0.25, 0.3) is 0 Å². The standard InChI is InChI=1S/C22H26FN3O2/c23-19-7-5-16(6-8-19)22(28)17-9-11-25(12-10-17)13-14-26-21(27)15-18-3-1-2-4-20(18)24-26/h5-8,15,17H,1-4,9-14H2. The molecular formula is C22H26FN3O2. The largest absolute Gasteiger partial charge is 0.301 e. The number of carbonyl (C=O) groups is 1. The van der Waals surface area contributed by atoms with Crippen LogP contribution in [0.15, 0.2) is 35.1 Å². The number of nitrogens with zero attached hydrogens (tertiary/aromatic N) is 3. The Balaban J connectivity index is 1.31. The monoisotopic (exact) mass is 383 g/mol. The molecule has 2 aromatic rings. The van der Waals surface area contributed by atoms with E-state index >= 15 is 0 Å². The van der Waals surface area contributed by atoms with Crippen molar-refractivity contribution in [3.8, 4) is 0 Å². The Morgan fingerprint density at radius 3 is 2.54 bits per heavy atom. The molecule has 4 rings (SSSR count). The lowest BCUT2D eigenvalue weighted by molar-refractivity contribution is 0.0836. The molecule has 5 nitrogen and oxygen atoms in total. The van der Waals surface area contributed by atoms with Gasteiger partial charge in [0.1, 0.15) is 5.82 Å². The molecule has 0 spiro atoms. The predicted molar refractivity (Wildman–Crippen MR) is 105 cm³/mol. The van der Waals surface area contributed by atoms with E-state index in [-0.39, 0.29) is 23.1 Å². The van der Waals surface area contributed by atoms with Gasteiger partial charge in [0.25, 0.3) is 5.56 Å². The van der Waals surface area contributed by atoms with E-state index in [0.717, 1.165) is 69.4 Å². The van der Waals surface area contributed by atoms with Crippen LogP contribution >= 0.6 is 0 Å². The van der Waals surface area contributed by atoms with E-state index in [2.05, 4.69) is 10.00 Å². The number of hydrogen-bond donors (Lipinski definition) is 0. The summed E-state index contributed by atoms with van der Waals surface area (Å²) in [5.74, 6) is -0.226. The molecule has 2 aliphatic rings. The fourth-order valence-corrected chi connectivity index (χ4v) is 4.27. The highest BCUT2D eigenvalue weighted by Crippen LogP contribution is 2.22. The van der Waals surface area contributed by atoms with E-state index in [0.29, 0.717) is 12.1 Å². The number of ketones is 1. The molecule has 1 saturated heterocycles. The molecule has 0 saturated carbocycles. The minimum atomic E-state index is -0.322. The maximum absolute atomic E-state index is 13.0. The van der Waals surface area contributed by atoms with Gasteiger partial charge in [-0.2, -0.15) is 5.10 Å². The SMILES string of the molecule is O=C(c1ccc(F)cc1)C1CCN(CCn2nc3c(cc2=O)CCCC3)CC1. The predicted octanol–water partition coefficient (Wildman–Crippen LogP) is 2.86. The normalized spacial score (nSPS) is 18.0. The van der Waals surface area contributed by atoms with Gasteiger partial charge in [0.05, 0.1) is 12.2 Å². The van der Waals surface area contributed by atoms with E-state index in [1.54, 1.807) is 22.9 Å². The van der Waals surface area contributed by atoms with Crippen LogP contribution in [0, 0.1) is 11.7 Å². The smallest absolute Gasteiger partial charge is 0.267 e.